The van der Waals surface area contributed by atoms with Crippen molar-refractivity contribution in [2.45, 2.75) is 71.3 Å². The summed E-state index contributed by atoms with van der Waals surface area (Å²) >= 11 is 0. The Labute approximate surface area is 162 Å². The van der Waals surface area contributed by atoms with E-state index in [0.29, 0.717) is 45.0 Å². The molecule has 7 nitrogen and oxygen atoms in total. The highest BCUT2D eigenvalue weighted by atomic mass is 16.6. The predicted octanol–water partition coefficient (Wildman–Crippen LogP) is 2.41. The zero-order chi connectivity index (χ0) is 19.9. The van der Waals surface area contributed by atoms with E-state index in [-0.39, 0.29) is 24.5 Å². The van der Waals surface area contributed by atoms with E-state index < -0.39 is 6.04 Å². The van der Waals surface area contributed by atoms with Crippen LogP contribution in [0.2, 0.25) is 0 Å². The molecule has 0 spiro atoms. The fraction of sp³-hybridized carbons (Fsp3) is 0.850. The van der Waals surface area contributed by atoms with Gasteiger partial charge in [-0.15, -0.1) is 0 Å². The number of Topliss-reactive ketones (excluding diaryl/α,β-unsaturated/α-hetero) is 1. The van der Waals surface area contributed by atoms with Gasteiger partial charge in [0, 0.05) is 25.5 Å². The maximum absolute atomic E-state index is 12.1. The summed E-state index contributed by atoms with van der Waals surface area (Å²) in [6, 6.07) is -0.411. The van der Waals surface area contributed by atoms with Crippen molar-refractivity contribution >= 4 is 17.7 Å². The molecule has 0 amide bonds. The van der Waals surface area contributed by atoms with Crippen molar-refractivity contribution in [1.29, 1.82) is 0 Å². The Kier molecular flexibility index (Phi) is 12.7. The van der Waals surface area contributed by atoms with Crippen LogP contribution in [0.5, 0.6) is 0 Å². The standard InChI is InChI=1S/C20H35NO6/c1-3-26-19(23)15-25-14-8-7-11-17(20(24)27-4-2)21-13-12-18(22)16-9-5-6-10-16/h16-17,21H,3-15H2,1-2H3. The lowest BCUT2D eigenvalue weighted by atomic mass is 10.00. The number of carbonyl (C=O) groups excluding carboxylic acids is 3. The van der Waals surface area contributed by atoms with Crippen molar-refractivity contribution in [3.05, 3.63) is 0 Å². The summed E-state index contributed by atoms with van der Waals surface area (Å²) in [5.74, 6) is -0.131. The van der Waals surface area contributed by atoms with E-state index in [9.17, 15) is 14.4 Å². The second-order valence-electron chi connectivity index (χ2n) is 6.81. The van der Waals surface area contributed by atoms with Crippen LogP contribution in [0.15, 0.2) is 0 Å². The number of rotatable bonds is 15. The van der Waals surface area contributed by atoms with Gasteiger partial charge in [-0.25, -0.2) is 4.79 Å². The molecule has 0 saturated heterocycles. The third-order valence-electron chi connectivity index (χ3n) is 4.70. The minimum Gasteiger partial charge on any atom is -0.465 e. The number of ketones is 1. The first-order chi connectivity index (χ1) is 13.1. The summed E-state index contributed by atoms with van der Waals surface area (Å²) in [7, 11) is 0. The highest BCUT2D eigenvalue weighted by Gasteiger charge is 2.23. The third kappa shape index (κ3) is 10.4. The van der Waals surface area contributed by atoms with Gasteiger partial charge >= 0.3 is 11.9 Å². The van der Waals surface area contributed by atoms with Crippen LogP contribution in [0.25, 0.3) is 0 Å². The number of hydrogen-bond donors (Lipinski definition) is 1. The zero-order valence-electron chi connectivity index (χ0n) is 16.8. The second-order valence-corrected chi connectivity index (χ2v) is 6.81. The van der Waals surface area contributed by atoms with Gasteiger partial charge in [0.1, 0.15) is 18.4 Å². The molecular formula is C20H35NO6. The second kappa shape index (κ2) is 14.6. The van der Waals surface area contributed by atoms with Crippen LogP contribution in [0.1, 0.15) is 65.2 Å². The van der Waals surface area contributed by atoms with E-state index in [0.717, 1.165) is 38.5 Å². The summed E-state index contributed by atoms with van der Waals surface area (Å²) in [6.45, 7) is 5.10. The Hall–Kier alpha value is -1.47. The molecule has 156 valence electrons. The lowest BCUT2D eigenvalue weighted by Crippen LogP contribution is -2.39. The van der Waals surface area contributed by atoms with Crippen molar-refractivity contribution in [3.63, 3.8) is 0 Å². The molecule has 0 aromatic rings. The van der Waals surface area contributed by atoms with E-state index >= 15 is 0 Å². The average molecular weight is 386 g/mol. The highest BCUT2D eigenvalue weighted by Crippen LogP contribution is 2.26. The van der Waals surface area contributed by atoms with Gasteiger partial charge in [0.15, 0.2) is 0 Å². The minimum absolute atomic E-state index is 0.0450. The maximum Gasteiger partial charge on any atom is 0.332 e. The maximum atomic E-state index is 12.1. The van der Waals surface area contributed by atoms with Gasteiger partial charge in [0.05, 0.1) is 13.2 Å². The highest BCUT2D eigenvalue weighted by molar-refractivity contribution is 5.81. The molecule has 0 aromatic heterocycles. The molecule has 0 heterocycles. The van der Waals surface area contributed by atoms with Gasteiger partial charge in [-0.2, -0.15) is 0 Å². The fourth-order valence-electron chi connectivity index (χ4n) is 3.28. The Balaban J connectivity index is 2.22. The molecule has 1 aliphatic rings. The van der Waals surface area contributed by atoms with Crippen LogP contribution >= 0.6 is 0 Å². The quantitative estimate of drug-likeness (QED) is 0.342. The molecule has 0 aromatic carbocycles. The number of esters is 2. The first-order valence-corrected chi connectivity index (χ1v) is 10.2. The van der Waals surface area contributed by atoms with Gasteiger partial charge in [-0.3, -0.25) is 9.59 Å². The van der Waals surface area contributed by atoms with E-state index in [4.69, 9.17) is 14.2 Å². The summed E-state index contributed by atoms with van der Waals surface area (Å²) in [5, 5.41) is 3.17. The van der Waals surface area contributed by atoms with Crippen LogP contribution in [-0.2, 0) is 28.6 Å². The third-order valence-corrected chi connectivity index (χ3v) is 4.70. The molecule has 1 rings (SSSR count). The number of ether oxygens (including phenoxy) is 3. The van der Waals surface area contributed by atoms with Crippen molar-refractivity contribution in [2.75, 3.05) is 33.0 Å². The summed E-state index contributed by atoms with van der Waals surface area (Å²) < 4.78 is 15.2. The van der Waals surface area contributed by atoms with Crippen molar-refractivity contribution in [1.82, 2.24) is 5.32 Å². The molecule has 1 unspecified atom stereocenters. The van der Waals surface area contributed by atoms with Crippen molar-refractivity contribution in [3.8, 4) is 0 Å². The largest absolute Gasteiger partial charge is 0.465 e. The molecule has 1 N–H and O–H groups in total. The smallest absolute Gasteiger partial charge is 0.332 e. The number of hydrogen-bond acceptors (Lipinski definition) is 7. The summed E-state index contributed by atoms with van der Waals surface area (Å²) in [4.78, 5) is 35.4. The monoisotopic (exact) mass is 385 g/mol. The number of nitrogens with one attached hydrogen (secondary N) is 1. The van der Waals surface area contributed by atoms with Crippen molar-refractivity contribution in [2.24, 2.45) is 5.92 Å². The molecule has 0 aliphatic heterocycles. The molecule has 1 aliphatic carbocycles. The van der Waals surface area contributed by atoms with Crippen LogP contribution in [0.3, 0.4) is 0 Å². The van der Waals surface area contributed by atoms with E-state index in [1.807, 2.05) is 0 Å². The van der Waals surface area contributed by atoms with E-state index in [1.54, 1.807) is 13.8 Å². The van der Waals surface area contributed by atoms with Crippen LogP contribution in [0.4, 0.5) is 0 Å². The molecule has 0 bridgehead atoms. The molecule has 0 radical (unpaired) electrons. The van der Waals surface area contributed by atoms with Crippen LogP contribution in [-0.4, -0.2) is 56.7 Å². The predicted molar refractivity (Wildman–Crippen MR) is 101 cm³/mol. The molecule has 1 saturated carbocycles. The van der Waals surface area contributed by atoms with Gasteiger partial charge in [0.2, 0.25) is 0 Å². The first kappa shape index (κ1) is 23.6. The SMILES string of the molecule is CCOC(=O)COCCCCC(NCCC(=O)C1CCCC1)C(=O)OCC. The fourth-order valence-corrected chi connectivity index (χ4v) is 3.28. The van der Waals surface area contributed by atoms with Gasteiger partial charge < -0.3 is 19.5 Å². The van der Waals surface area contributed by atoms with Crippen LogP contribution in [0, 0.1) is 5.92 Å². The Bertz CT molecular complexity index is 448. The summed E-state index contributed by atoms with van der Waals surface area (Å²) in [6.07, 6.45) is 6.87. The molecule has 1 atom stereocenters. The lowest BCUT2D eigenvalue weighted by molar-refractivity contribution is -0.148. The van der Waals surface area contributed by atoms with E-state index in [2.05, 4.69) is 5.32 Å². The molecular weight excluding hydrogens is 350 g/mol. The van der Waals surface area contributed by atoms with Crippen molar-refractivity contribution < 1.29 is 28.6 Å². The van der Waals surface area contributed by atoms with E-state index in [1.165, 1.54) is 0 Å². The minimum atomic E-state index is -0.411. The Morgan fingerprint density at radius 3 is 2.41 bits per heavy atom. The van der Waals surface area contributed by atoms with Gasteiger partial charge in [0.25, 0.3) is 0 Å². The van der Waals surface area contributed by atoms with Crippen LogP contribution < -0.4 is 5.32 Å². The number of unbranched alkanes of at least 4 members (excludes halogenated alkanes) is 1. The molecule has 27 heavy (non-hydrogen) atoms. The average Bonchev–Trinajstić information content (AvgIpc) is 3.18. The topological polar surface area (TPSA) is 90.9 Å². The molecule has 7 heteroatoms. The Morgan fingerprint density at radius 1 is 1.04 bits per heavy atom. The van der Waals surface area contributed by atoms with Gasteiger partial charge in [-0.05, 0) is 46.0 Å². The lowest BCUT2D eigenvalue weighted by Gasteiger charge is -2.17. The number of carbonyl (C=O) groups is 3. The first-order valence-electron chi connectivity index (χ1n) is 10.2. The summed E-state index contributed by atoms with van der Waals surface area (Å²) in [5.41, 5.74) is 0. The zero-order valence-corrected chi connectivity index (χ0v) is 16.8. The normalized spacial score (nSPS) is 15.5. The molecule has 1 fully saturated rings. The Morgan fingerprint density at radius 2 is 1.74 bits per heavy atom. The van der Waals surface area contributed by atoms with Gasteiger partial charge in [-0.1, -0.05) is 12.8 Å².